The normalized spacial score (nSPS) is 17.5. The molecule has 0 bridgehead atoms. The molecule has 2 aliphatic rings. The Balaban J connectivity index is 1.28. The zero-order valence-electron chi connectivity index (χ0n) is 21.0. The summed E-state index contributed by atoms with van der Waals surface area (Å²) in [6, 6.07) is 28.6. The smallest absolute Gasteiger partial charge is 0.343 e. The summed E-state index contributed by atoms with van der Waals surface area (Å²) in [7, 11) is 0. The van der Waals surface area contributed by atoms with Gasteiger partial charge in [-0.3, -0.25) is 0 Å². The molecule has 0 amide bonds. The largest absolute Gasteiger partial charge is 0.494 e. The number of hydrogen-bond acceptors (Lipinski definition) is 6. The van der Waals surface area contributed by atoms with Crippen molar-refractivity contribution in [3.8, 4) is 17.2 Å². The summed E-state index contributed by atoms with van der Waals surface area (Å²) >= 11 is 6.99. The van der Waals surface area contributed by atoms with E-state index in [2.05, 4.69) is 50.1 Å². The number of esters is 1. The molecule has 2 atom stereocenters. The molecule has 0 saturated carbocycles. The molecule has 0 radical (unpaired) electrons. The summed E-state index contributed by atoms with van der Waals surface area (Å²) in [5.74, 6) is 1.73. The Morgan fingerprint density at radius 3 is 2.33 bits per heavy atom. The Kier molecular flexibility index (Phi) is 7.14. The fourth-order valence-corrected chi connectivity index (χ4v) is 5.46. The van der Waals surface area contributed by atoms with Gasteiger partial charge in [-0.2, -0.15) is 5.10 Å². The zero-order chi connectivity index (χ0) is 26.9. The van der Waals surface area contributed by atoms with Crippen LogP contribution in [0.2, 0.25) is 0 Å². The average molecular weight is 648 g/mol. The SMILES string of the molecule is CCOc1ccc(C2=NN3C(C2)c2cc(Br)ccc2OC3c2ccc(OC(=O)c3ccc(Br)cc3)cc2)cc1. The van der Waals surface area contributed by atoms with Crippen LogP contribution < -0.4 is 14.2 Å². The molecule has 0 N–H and O–H groups in total. The van der Waals surface area contributed by atoms with E-state index in [-0.39, 0.29) is 6.04 Å². The van der Waals surface area contributed by atoms with E-state index in [0.717, 1.165) is 49.3 Å². The predicted octanol–water partition coefficient (Wildman–Crippen LogP) is 8.07. The lowest BCUT2D eigenvalue weighted by Crippen LogP contribution is -2.33. The summed E-state index contributed by atoms with van der Waals surface area (Å²) in [4.78, 5) is 12.6. The highest BCUT2D eigenvalue weighted by Crippen LogP contribution is 2.48. The van der Waals surface area contributed by atoms with Gasteiger partial charge in [0.25, 0.3) is 0 Å². The maximum absolute atomic E-state index is 12.6. The van der Waals surface area contributed by atoms with Crippen LogP contribution in [0, 0.1) is 0 Å². The van der Waals surface area contributed by atoms with E-state index in [0.29, 0.717) is 17.9 Å². The van der Waals surface area contributed by atoms with Gasteiger partial charge in [0, 0.05) is 26.5 Å². The second kappa shape index (κ2) is 10.9. The molecule has 39 heavy (non-hydrogen) atoms. The van der Waals surface area contributed by atoms with Gasteiger partial charge in [-0.05, 0) is 103 Å². The predicted molar refractivity (Wildman–Crippen MR) is 156 cm³/mol. The van der Waals surface area contributed by atoms with Crippen molar-refractivity contribution in [3.05, 3.63) is 122 Å². The summed E-state index contributed by atoms with van der Waals surface area (Å²) in [5.41, 5.74) is 4.53. The molecule has 0 fully saturated rings. The molecule has 0 aromatic heterocycles. The lowest BCUT2D eigenvalue weighted by molar-refractivity contribution is -0.0190. The van der Waals surface area contributed by atoms with Gasteiger partial charge < -0.3 is 14.2 Å². The minimum absolute atomic E-state index is 0.0210. The van der Waals surface area contributed by atoms with Crippen LogP contribution >= 0.6 is 31.9 Å². The molecule has 8 heteroatoms. The molecule has 2 heterocycles. The van der Waals surface area contributed by atoms with Gasteiger partial charge in [0.2, 0.25) is 6.23 Å². The van der Waals surface area contributed by atoms with Crippen LogP contribution in [0.1, 0.15) is 52.7 Å². The molecule has 0 spiro atoms. The second-order valence-electron chi connectivity index (χ2n) is 9.22. The van der Waals surface area contributed by atoms with E-state index in [1.165, 1.54) is 0 Å². The molecular formula is C31H24Br2N2O4. The highest BCUT2D eigenvalue weighted by atomic mass is 79.9. The van der Waals surface area contributed by atoms with Gasteiger partial charge in [0.05, 0.1) is 23.9 Å². The van der Waals surface area contributed by atoms with Crippen molar-refractivity contribution in [1.29, 1.82) is 0 Å². The molecule has 4 aromatic rings. The minimum atomic E-state index is -0.430. The third-order valence-corrected chi connectivity index (χ3v) is 7.73. The third-order valence-electron chi connectivity index (χ3n) is 6.71. The lowest BCUT2D eigenvalue weighted by atomic mass is 9.96. The number of ether oxygens (including phenoxy) is 3. The Bertz CT molecular complexity index is 1540. The second-order valence-corrected chi connectivity index (χ2v) is 11.1. The van der Waals surface area contributed by atoms with Crippen LogP contribution in [0.3, 0.4) is 0 Å². The number of hydrogen-bond donors (Lipinski definition) is 0. The number of benzene rings is 4. The van der Waals surface area contributed by atoms with Crippen LogP contribution in [0.25, 0.3) is 0 Å². The van der Waals surface area contributed by atoms with Crippen molar-refractivity contribution in [3.63, 3.8) is 0 Å². The Labute approximate surface area is 243 Å². The number of carbonyl (C=O) groups is 1. The highest BCUT2D eigenvalue weighted by Gasteiger charge is 2.41. The van der Waals surface area contributed by atoms with Crippen molar-refractivity contribution >= 4 is 43.5 Å². The number of carbonyl (C=O) groups excluding carboxylic acids is 1. The minimum Gasteiger partial charge on any atom is -0.494 e. The van der Waals surface area contributed by atoms with Crippen molar-refractivity contribution in [2.75, 3.05) is 6.61 Å². The summed E-state index contributed by atoms with van der Waals surface area (Å²) < 4.78 is 19.6. The van der Waals surface area contributed by atoms with Crippen LogP contribution in [0.15, 0.2) is 105 Å². The van der Waals surface area contributed by atoms with Crippen molar-refractivity contribution in [2.45, 2.75) is 25.6 Å². The number of halogens is 2. The molecule has 2 unspecified atom stereocenters. The maximum atomic E-state index is 12.6. The van der Waals surface area contributed by atoms with Crippen molar-refractivity contribution < 1.29 is 19.0 Å². The van der Waals surface area contributed by atoms with Crippen LogP contribution in [0.4, 0.5) is 0 Å². The molecular weight excluding hydrogens is 624 g/mol. The standard InChI is InChI=1S/C31H24Br2N2O4/c1-2-37-24-12-5-19(6-13-24)27-18-28-26-17-23(33)11-16-29(26)39-30(35(28)34-27)20-7-14-25(15-8-20)38-31(36)21-3-9-22(32)10-4-21/h3-17,28,30H,2,18H2,1H3. The van der Waals surface area contributed by atoms with Gasteiger partial charge in [-0.1, -0.05) is 31.9 Å². The fraction of sp³-hybridized carbons (Fsp3) is 0.161. The zero-order valence-corrected chi connectivity index (χ0v) is 24.2. The molecule has 6 rings (SSSR count). The molecule has 0 saturated heterocycles. The number of fused-ring (bicyclic) bond motifs is 3. The van der Waals surface area contributed by atoms with Gasteiger partial charge in [0.15, 0.2) is 0 Å². The van der Waals surface area contributed by atoms with Gasteiger partial charge in [-0.25, -0.2) is 9.80 Å². The van der Waals surface area contributed by atoms with Crippen LogP contribution in [0.5, 0.6) is 17.2 Å². The van der Waals surface area contributed by atoms with E-state index < -0.39 is 12.2 Å². The Morgan fingerprint density at radius 1 is 0.923 bits per heavy atom. The Morgan fingerprint density at radius 2 is 1.62 bits per heavy atom. The van der Waals surface area contributed by atoms with Gasteiger partial charge in [0.1, 0.15) is 17.2 Å². The summed E-state index contributed by atoms with van der Waals surface area (Å²) in [6.45, 7) is 2.60. The number of nitrogens with zero attached hydrogens (tertiary/aromatic N) is 2. The maximum Gasteiger partial charge on any atom is 0.343 e. The highest BCUT2D eigenvalue weighted by molar-refractivity contribution is 9.10. The van der Waals surface area contributed by atoms with Crippen LogP contribution in [-0.4, -0.2) is 23.3 Å². The number of rotatable bonds is 6. The molecule has 196 valence electrons. The third kappa shape index (κ3) is 5.31. The quantitative estimate of drug-likeness (QED) is 0.156. The first kappa shape index (κ1) is 25.6. The van der Waals surface area contributed by atoms with Crippen LogP contribution in [-0.2, 0) is 0 Å². The van der Waals surface area contributed by atoms with Crippen molar-refractivity contribution in [2.24, 2.45) is 5.10 Å². The molecule has 6 nitrogen and oxygen atoms in total. The van der Waals surface area contributed by atoms with E-state index in [9.17, 15) is 4.79 Å². The van der Waals surface area contributed by atoms with Crippen molar-refractivity contribution in [1.82, 2.24) is 5.01 Å². The first-order valence-electron chi connectivity index (χ1n) is 12.6. The summed E-state index contributed by atoms with van der Waals surface area (Å²) in [6.07, 6.45) is 0.320. The van der Waals surface area contributed by atoms with E-state index in [1.807, 2.05) is 60.5 Å². The topological polar surface area (TPSA) is 60.4 Å². The van der Waals surface area contributed by atoms with E-state index in [1.54, 1.807) is 24.3 Å². The monoisotopic (exact) mass is 646 g/mol. The fourth-order valence-electron chi connectivity index (χ4n) is 4.82. The molecule has 2 aliphatic heterocycles. The van der Waals surface area contributed by atoms with Gasteiger partial charge in [-0.15, -0.1) is 0 Å². The van der Waals surface area contributed by atoms with E-state index >= 15 is 0 Å². The molecule has 4 aromatic carbocycles. The van der Waals surface area contributed by atoms with Gasteiger partial charge >= 0.3 is 5.97 Å². The summed E-state index contributed by atoms with van der Waals surface area (Å²) in [5, 5.41) is 7.07. The number of hydrazone groups is 1. The average Bonchev–Trinajstić information content (AvgIpc) is 3.40. The lowest BCUT2D eigenvalue weighted by Gasteiger charge is -2.38. The van der Waals surface area contributed by atoms with E-state index in [4.69, 9.17) is 19.3 Å². The first-order valence-corrected chi connectivity index (χ1v) is 14.2. The molecule has 0 aliphatic carbocycles. The Hall–Kier alpha value is -3.62. The first-order chi connectivity index (χ1) is 19.0.